The van der Waals surface area contributed by atoms with Gasteiger partial charge in [-0.05, 0) is 30.7 Å². The summed E-state index contributed by atoms with van der Waals surface area (Å²) in [5.41, 5.74) is 0.829. The summed E-state index contributed by atoms with van der Waals surface area (Å²) in [6.07, 6.45) is 1.27. The van der Waals surface area contributed by atoms with Crippen molar-refractivity contribution in [3.05, 3.63) is 51.4 Å². The molecule has 1 aromatic carbocycles. The lowest BCUT2D eigenvalue weighted by atomic mass is 10.1. The zero-order chi connectivity index (χ0) is 13.1. The van der Waals surface area contributed by atoms with Gasteiger partial charge in [-0.25, -0.2) is 4.98 Å². The Morgan fingerprint density at radius 1 is 1.17 bits per heavy atom. The van der Waals surface area contributed by atoms with Crippen LogP contribution in [0.5, 0.6) is 5.88 Å². The van der Waals surface area contributed by atoms with Gasteiger partial charge in [-0.15, -0.1) is 0 Å². The fourth-order valence-electron chi connectivity index (χ4n) is 1.46. The van der Waals surface area contributed by atoms with E-state index in [1.54, 1.807) is 18.2 Å². The third-order valence-electron chi connectivity index (χ3n) is 2.30. The van der Waals surface area contributed by atoms with Gasteiger partial charge in [0.2, 0.25) is 11.2 Å². The first-order valence-electron chi connectivity index (χ1n) is 5.16. The molecule has 94 valence electrons. The van der Waals surface area contributed by atoms with Crippen molar-refractivity contribution in [3.63, 3.8) is 0 Å². The Hall–Kier alpha value is -1.03. The summed E-state index contributed by atoms with van der Waals surface area (Å²) in [5, 5.41) is 1.28. The van der Waals surface area contributed by atoms with E-state index in [2.05, 4.69) is 9.97 Å². The summed E-state index contributed by atoms with van der Waals surface area (Å²) in [6.45, 7) is 1.87. The molecule has 18 heavy (non-hydrogen) atoms. The van der Waals surface area contributed by atoms with Gasteiger partial charge in [0.05, 0.1) is 0 Å². The summed E-state index contributed by atoms with van der Waals surface area (Å²) in [5.74, 6) is 0.397. The maximum Gasteiger partial charge on any atom is 0.225 e. The van der Waals surface area contributed by atoms with Crippen molar-refractivity contribution in [3.8, 4) is 5.88 Å². The number of hydrogen-bond acceptors (Lipinski definition) is 3. The fraction of sp³-hybridized carbons (Fsp3) is 0.167. The van der Waals surface area contributed by atoms with E-state index < -0.39 is 0 Å². The zero-order valence-corrected chi connectivity index (χ0v) is 11.7. The number of benzene rings is 1. The van der Waals surface area contributed by atoms with Crippen molar-refractivity contribution in [2.75, 3.05) is 0 Å². The van der Waals surface area contributed by atoms with Crippen LogP contribution in [0.1, 0.15) is 18.6 Å². The molecule has 1 aromatic heterocycles. The van der Waals surface area contributed by atoms with Crippen molar-refractivity contribution in [2.45, 2.75) is 13.0 Å². The summed E-state index contributed by atoms with van der Waals surface area (Å²) in [7, 11) is 0. The molecule has 6 heteroatoms. The van der Waals surface area contributed by atoms with Crippen LogP contribution in [0.25, 0.3) is 0 Å². The quantitative estimate of drug-likeness (QED) is 0.779. The fourth-order valence-corrected chi connectivity index (χ4v) is 2.16. The zero-order valence-electron chi connectivity index (χ0n) is 9.40. The molecule has 0 N–H and O–H groups in total. The number of nitrogens with zero attached hydrogens (tertiary/aromatic N) is 2. The predicted octanol–water partition coefficient (Wildman–Crippen LogP) is 4.58. The maximum atomic E-state index is 6.10. The highest BCUT2D eigenvalue weighted by Gasteiger charge is 2.12. The van der Waals surface area contributed by atoms with Crippen LogP contribution in [-0.2, 0) is 0 Å². The van der Waals surface area contributed by atoms with Gasteiger partial charge >= 0.3 is 0 Å². The third-order valence-corrected chi connectivity index (χ3v) is 3.04. The molecule has 1 heterocycles. The SMILES string of the molecule is CC(Oc1ccnc(Cl)n1)c1ccc(Cl)cc1Cl. The third kappa shape index (κ3) is 3.25. The Kier molecular flexibility index (Phi) is 4.27. The monoisotopic (exact) mass is 302 g/mol. The molecule has 0 amide bonds. The van der Waals surface area contributed by atoms with Gasteiger partial charge in [-0.3, -0.25) is 0 Å². The van der Waals surface area contributed by atoms with Crippen LogP contribution >= 0.6 is 34.8 Å². The van der Waals surface area contributed by atoms with Crippen molar-refractivity contribution < 1.29 is 4.74 Å². The van der Waals surface area contributed by atoms with Gasteiger partial charge < -0.3 is 4.74 Å². The Morgan fingerprint density at radius 2 is 1.94 bits per heavy atom. The lowest BCUT2D eigenvalue weighted by molar-refractivity contribution is 0.217. The molecule has 3 nitrogen and oxygen atoms in total. The highest BCUT2D eigenvalue weighted by atomic mass is 35.5. The Morgan fingerprint density at radius 3 is 2.61 bits per heavy atom. The number of rotatable bonds is 3. The normalized spacial score (nSPS) is 12.2. The minimum Gasteiger partial charge on any atom is -0.470 e. The molecule has 1 atom stereocenters. The van der Waals surface area contributed by atoms with Gasteiger partial charge in [-0.2, -0.15) is 4.98 Å². The topological polar surface area (TPSA) is 35.0 Å². The Bertz CT molecular complexity index is 563. The Balaban J connectivity index is 2.19. The average Bonchev–Trinajstić information content (AvgIpc) is 2.28. The molecular formula is C12H9Cl3N2O. The van der Waals surface area contributed by atoms with Crippen LogP contribution in [0.15, 0.2) is 30.5 Å². The smallest absolute Gasteiger partial charge is 0.225 e. The minimum absolute atomic E-state index is 0.141. The second-order valence-corrected chi connectivity index (χ2v) is 4.77. The molecule has 0 saturated carbocycles. The second kappa shape index (κ2) is 5.74. The van der Waals surface area contributed by atoms with E-state index in [0.717, 1.165) is 5.56 Å². The first-order valence-corrected chi connectivity index (χ1v) is 6.30. The van der Waals surface area contributed by atoms with Gasteiger partial charge in [0.15, 0.2) is 0 Å². The van der Waals surface area contributed by atoms with Crippen LogP contribution in [0.2, 0.25) is 15.3 Å². The largest absolute Gasteiger partial charge is 0.470 e. The number of ether oxygens (including phenoxy) is 1. The molecule has 1 unspecified atom stereocenters. The van der Waals surface area contributed by atoms with Crippen LogP contribution in [0.4, 0.5) is 0 Å². The van der Waals surface area contributed by atoms with Gasteiger partial charge in [0, 0.05) is 27.9 Å². The molecular weight excluding hydrogens is 295 g/mol. The number of hydrogen-bond donors (Lipinski definition) is 0. The standard InChI is InChI=1S/C12H9Cl3N2O/c1-7(9-3-2-8(13)6-10(9)14)18-11-4-5-16-12(15)17-11/h2-7H,1H3. The summed E-state index contributed by atoms with van der Waals surface area (Å²) in [4.78, 5) is 7.73. The first kappa shape index (κ1) is 13.4. The summed E-state index contributed by atoms with van der Waals surface area (Å²) >= 11 is 17.6. The van der Waals surface area contributed by atoms with Gasteiger partial charge in [0.25, 0.3) is 0 Å². The predicted molar refractivity (Wildman–Crippen MR) is 72.5 cm³/mol. The lowest BCUT2D eigenvalue weighted by Gasteiger charge is -2.15. The van der Waals surface area contributed by atoms with Crippen molar-refractivity contribution in [1.29, 1.82) is 0 Å². The molecule has 0 aliphatic heterocycles. The van der Waals surface area contributed by atoms with Crippen LogP contribution in [0.3, 0.4) is 0 Å². The van der Waals surface area contributed by atoms with E-state index >= 15 is 0 Å². The molecule has 0 spiro atoms. The second-order valence-electron chi connectivity index (χ2n) is 3.59. The minimum atomic E-state index is -0.263. The maximum absolute atomic E-state index is 6.10. The number of aromatic nitrogens is 2. The van der Waals surface area contributed by atoms with Gasteiger partial charge in [0.1, 0.15) is 6.10 Å². The summed E-state index contributed by atoms with van der Waals surface area (Å²) < 4.78 is 5.64. The van der Waals surface area contributed by atoms with E-state index in [-0.39, 0.29) is 11.4 Å². The van der Waals surface area contributed by atoms with Crippen LogP contribution in [0, 0.1) is 0 Å². The molecule has 0 aliphatic carbocycles. The first-order chi connectivity index (χ1) is 8.56. The summed E-state index contributed by atoms with van der Waals surface area (Å²) in [6, 6.07) is 6.88. The molecule has 0 radical (unpaired) electrons. The Labute approximate surface area is 120 Å². The molecule has 0 fully saturated rings. The average molecular weight is 304 g/mol. The molecule has 0 saturated heterocycles. The van der Waals surface area contributed by atoms with Crippen molar-refractivity contribution in [1.82, 2.24) is 9.97 Å². The highest BCUT2D eigenvalue weighted by Crippen LogP contribution is 2.28. The molecule has 2 rings (SSSR count). The van der Waals surface area contributed by atoms with E-state index in [1.165, 1.54) is 6.20 Å². The van der Waals surface area contributed by atoms with E-state index in [0.29, 0.717) is 15.9 Å². The van der Waals surface area contributed by atoms with Crippen molar-refractivity contribution in [2.24, 2.45) is 0 Å². The highest BCUT2D eigenvalue weighted by molar-refractivity contribution is 6.35. The van der Waals surface area contributed by atoms with Gasteiger partial charge in [-0.1, -0.05) is 29.3 Å². The van der Waals surface area contributed by atoms with Crippen LogP contribution < -0.4 is 4.74 Å². The molecule has 0 aliphatic rings. The van der Waals surface area contributed by atoms with Crippen molar-refractivity contribution >= 4 is 34.8 Å². The molecule has 0 bridgehead atoms. The number of halogens is 3. The van der Waals surface area contributed by atoms with E-state index in [4.69, 9.17) is 39.5 Å². The van der Waals surface area contributed by atoms with E-state index in [1.807, 2.05) is 13.0 Å². The van der Waals surface area contributed by atoms with E-state index in [9.17, 15) is 0 Å². The van der Waals surface area contributed by atoms with Crippen LogP contribution in [-0.4, -0.2) is 9.97 Å². The molecule has 2 aromatic rings. The lowest BCUT2D eigenvalue weighted by Crippen LogP contribution is -2.05.